The number of hydrogen-bond donors (Lipinski definition) is 2. The topological polar surface area (TPSA) is 55.2 Å². The van der Waals surface area contributed by atoms with Crippen molar-refractivity contribution in [1.82, 2.24) is 6.15 Å². The van der Waals surface area contributed by atoms with E-state index in [9.17, 15) is 5.11 Å². The fraction of sp³-hybridized carbons (Fsp3) is 1.00. The summed E-state index contributed by atoms with van der Waals surface area (Å²) in [7, 11) is 0. The quantitative estimate of drug-likeness (QED) is 0.588. The Morgan fingerprint density at radius 1 is 1.25 bits per heavy atom. The van der Waals surface area contributed by atoms with E-state index in [1.165, 1.54) is 12.8 Å². The summed E-state index contributed by atoms with van der Waals surface area (Å²) in [5.41, 5.74) is 0.601. The predicted octanol–water partition coefficient (Wildman–Crippen LogP) is 2.36. The molecule has 0 aromatic carbocycles. The molecule has 3 unspecified atom stereocenters. The molecule has 0 radical (unpaired) electrons. The largest absolute Gasteiger partial charge is 0.393 e. The molecular formula is C10H21NO. The number of hydrogen-bond acceptors (Lipinski definition) is 2. The van der Waals surface area contributed by atoms with E-state index in [1.54, 1.807) is 0 Å². The first kappa shape index (κ1) is 10.0. The zero-order valence-electron chi connectivity index (χ0n) is 8.43. The van der Waals surface area contributed by atoms with Crippen LogP contribution in [-0.2, 0) is 0 Å². The van der Waals surface area contributed by atoms with E-state index in [0.29, 0.717) is 5.41 Å². The van der Waals surface area contributed by atoms with Crippen molar-refractivity contribution in [3.63, 3.8) is 0 Å². The number of aliphatic hydroxyl groups is 1. The third-order valence-corrected chi connectivity index (χ3v) is 4.75. The average molecular weight is 171 g/mol. The van der Waals surface area contributed by atoms with Gasteiger partial charge in [-0.1, -0.05) is 20.8 Å². The minimum absolute atomic E-state index is 0. The van der Waals surface area contributed by atoms with Crippen LogP contribution in [0, 0.1) is 16.7 Å². The van der Waals surface area contributed by atoms with Crippen molar-refractivity contribution in [2.24, 2.45) is 16.7 Å². The van der Waals surface area contributed by atoms with Crippen molar-refractivity contribution >= 4 is 0 Å². The molecule has 2 heteroatoms. The first-order valence-electron chi connectivity index (χ1n) is 4.66. The van der Waals surface area contributed by atoms with Crippen LogP contribution < -0.4 is 6.15 Å². The summed E-state index contributed by atoms with van der Waals surface area (Å²) >= 11 is 0. The van der Waals surface area contributed by atoms with Gasteiger partial charge in [-0.2, -0.15) is 0 Å². The average Bonchev–Trinajstić information content (AvgIpc) is 2.20. The molecule has 2 aliphatic rings. The van der Waals surface area contributed by atoms with Gasteiger partial charge in [-0.05, 0) is 36.0 Å². The molecule has 0 aromatic rings. The fourth-order valence-electron chi connectivity index (χ4n) is 3.16. The van der Waals surface area contributed by atoms with Crippen molar-refractivity contribution in [3.8, 4) is 0 Å². The van der Waals surface area contributed by atoms with E-state index in [-0.39, 0.29) is 17.7 Å². The number of fused-ring (bicyclic) bond motifs is 2. The Morgan fingerprint density at radius 2 is 1.83 bits per heavy atom. The molecule has 0 amide bonds. The van der Waals surface area contributed by atoms with Crippen LogP contribution in [0.1, 0.15) is 40.0 Å². The molecule has 2 aliphatic carbocycles. The second-order valence-corrected chi connectivity index (χ2v) is 5.13. The molecule has 0 saturated heterocycles. The van der Waals surface area contributed by atoms with E-state index in [2.05, 4.69) is 20.8 Å². The highest BCUT2D eigenvalue weighted by molar-refractivity contribution is 5.10. The SMILES string of the molecule is CC1(C)C2CCC1(C)C(O)C2.N. The predicted molar refractivity (Wildman–Crippen MR) is 50.3 cm³/mol. The Labute approximate surface area is 74.9 Å². The summed E-state index contributed by atoms with van der Waals surface area (Å²) in [5.74, 6) is 0.780. The lowest BCUT2D eigenvalue weighted by Crippen LogP contribution is -2.35. The van der Waals surface area contributed by atoms with Crippen LogP contribution >= 0.6 is 0 Å². The van der Waals surface area contributed by atoms with Gasteiger partial charge in [0.05, 0.1) is 6.10 Å². The highest BCUT2D eigenvalue weighted by Crippen LogP contribution is 2.65. The molecule has 0 heterocycles. The third-order valence-electron chi connectivity index (χ3n) is 4.75. The summed E-state index contributed by atoms with van der Waals surface area (Å²) in [4.78, 5) is 0. The molecule has 0 aromatic heterocycles. The Hall–Kier alpha value is -0.0800. The summed E-state index contributed by atoms with van der Waals surface area (Å²) in [5, 5.41) is 9.81. The van der Waals surface area contributed by atoms with Crippen LogP contribution in [-0.4, -0.2) is 11.2 Å². The normalized spacial score (nSPS) is 49.0. The van der Waals surface area contributed by atoms with Crippen LogP contribution in [0.2, 0.25) is 0 Å². The molecule has 2 bridgehead atoms. The van der Waals surface area contributed by atoms with Crippen molar-refractivity contribution in [2.75, 3.05) is 0 Å². The summed E-state index contributed by atoms with van der Waals surface area (Å²) in [6, 6.07) is 0. The van der Waals surface area contributed by atoms with Gasteiger partial charge in [-0.15, -0.1) is 0 Å². The van der Waals surface area contributed by atoms with Gasteiger partial charge in [-0.25, -0.2) is 0 Å². The first-order valence-corrected chi connectivity index (χ1v) is 4.66. The minimum Gasteiger partial charge on any atom is -0.393 e. The maximum Gasteiger partial charge on any atom is 0.0601 e. The second-order valence-electron chi connectivity index (χ2n) is 5.13. The van der Waals surface area contributed by atoms with E-state index in [4.69, 9.17) is 0 Å². The van der Waals surface area contributed by atoms with Crippen LogP contribution in [0.5, 0.6) is 0 Å². The van der Waals surface area contributed by atoms with Gasteiger partial charge in [0.2, 0.25) is 0 Å². The van der Waals surface area contributed by atoms with Gasteiger partial charge < -0.3 is 11.3 Å². The second kappa shape index (κ2) is 2.46. The zero-order valence-corrected chi connectivity index (χ0v) is 8.43. The molecule has 0 spiro atoms. The van der Waals surface area contributed by atoms with Crippen LogP contribution in [0.25, 0.3) is 0 Å². The Kier molecular flexibility index (Phi) is 2.05. The highest BCUT2D eigenvalue weighted by atomic mass is 16.3. The maximum absolute atomic E-state index is 9.81. The van der Waals surface area contributed by atoms with Gasteiger partial charge in [-0.3, -0.25) is 0 Å². The minimum atomic E-state index is -0.0313. The molecule has 4 N–H and O–H groups in total. The monoisotopic (exact) mass is 171 g/mol. The maximum atomic E-state index is 9.81. The van der Waals surface area contributed by atoms with Gasteiger partial charge in [0.25, 0.3) is 0 Å². The lowest BCUT2D eigenvalue weighted by Gasteiger charge is -2.36. The molecular weight excluding hydrogens is 150 g/mol. The summed E-state index contributed by atoms with van der Waals surface area (Å²) < 4.78 is 0. The van der Waals surface area contributed by atoms with Crippen molar-refractivity contribution in [3.05, 3.63) is 0 Å². The van der Waals surface area contributed by atoms with Gasteiger partial charge >= 0.3 is 0 Å². The lowest BCUT2D eigenvalue weighted by atomic mass is 9.70. The molecule has 72 valence electrons. The van der Waals surface area contributed by atoms with E-state index in [0.717, 1.165) is 12.3 Å². The molecule has 2 nitrogen and oxygen atoms in total. The molecule has 2 fully saturated rings. The van der Waals surface area contributed by atoms with Gasteiger partial charge in [0.15, 0.2) is 0 Å². The molecule has 2 saturated carbocycles. The van der Waals surface area contributed by atoms with Crippen molar-refractivity contribution < 1.29 is 5.11 Å². The highest BCUT2D eigenvalue weighted by Gasteiger charge is 2.60. The van der Waals surface area contributed by atoms with E-state index >= 15 is 0 Å². The lowest BCUT2D eigenvalue weighted by molar-refractivity contribution is 0.0126. The van der Waals surface area contributed by atoms with E-state index < -0.39 is 0 Å². The van der Waals surface area contributed by atoms with Crippen LogP contribution in [0.15, 0.2) is 0 Å². The molecule has 3 atom stereocenters. The number of aliphatic hydroxyl groups excluding tert-OH is 1. The Morgan fingerprint density at radius 3 is 2.00 bits per heavy atom. The third kappa shape index (κ3) is 0.826. The number of rotatable bonds is 0. The van der Waals surface area contributed by atoms with E-state index in [1.807, 2.05) is 0 Å². The smallest absolute Gasteiger partial charge is 0.0601 e. The molecule has 0 aliphatic heterocycles. The van der Waals surface area contributed by atoms with Crippen molar-refractivity contribution in [2.45, 2.75) is 46.1 Å². The molecule has 2 rings (SSSR count). The fourth-order valence-corrected chi connectivity index (χ4v) is 3.16. The van der Waals surface area contributed by atoms with Crippen LogP contribution in [0.3, 0.4) is 0 Å². The Bertz CT molecular complexity index is 190. The van der Waals surface area contributed by atoms with Crippen molar-refractivity contribution in [1.29, 1.82) is 0 Å². The summed E-state index contributed by atoms with van der Waals surface area (Å²) in [6.07, 6.45) is 3.58. The standard InChI is InChI=1S/C10H18O.H3N/c1-9(2)7-4-5-10(9,3)8(11)6-7;/h7-8,11H,4-6H2,1-3H3;1H3. The van der Waals surface area contributed by atoms with Gasteiger partial charge in [0.1, 0.15) is 0 Å². The van der Waals surface area contributed by atoms with Gasteiger partial charge in [0, 0.05) is 0 Å². The Balaban J connectivity index is 0.000000720. The first-order chi connectivity index (χ1) is 4.98. The van der Waals surface area contributed by atoms with Crippen LogP contribution in [0.4, 0.5) is 0 Å². The summed E-state index contributed by atoms with van der Waals surface area (Å²) in [6.45, 7) is 6.90. The molecule has 12 heavy (non-hydrogen) atoms. The zero-order chi connectivity index (χ0) is 8.28.